The molecule has 2 amide bonds. The largest absolute Gasteiger partial charge is 0.399 e. The van der Waals surface area contributed by atoms with Crippen molar-refractivity contribution in [2.24, 2.45) is 0 Å². The molecule has 0 unspecified atom stereocenters. The number of nitrogens with one attached hydrogen (secondary N) is 1. The Morgan fingerprint density at radius 1 is 1.24 bits per heavy atom. The van der Waals surface area contributed by atoms with E-state index in [1.807, 2.05) is 28.8 Å². The maximum atomic E-state index is 12.0. The molecule has 1 aromatic carbocycles. The van der Waals surface area contributed by atoms with Crippen LogP contribution in [0.1, 0.15) is 6.42 Å². The number of nitrogens with two attached hydrogens (primary N) is 1. The topological polar surface area (TPSA) is 58.4 Å². The summed E-state index contributed by atoms with van der Waals surface area (Å²) >= 11 is 1.91. The summed E-state index contributed by atoms with van der Waals surface area (Å²) in [6.45, 7) is 1.67. The number of nitrogen functional groups attached to an aromatic ring is 1. The van der Waals surface area contributed by atoms with Gasteiger partial charge in [-0.05, 0) is 36.4 Å². The summed E-state index contributed by atoms with van der Waals surface area (Å²) in [6, 6.07) is 7.19. The predicted octanol–water partition coefficient (Wildman–Crippen LogP) is 2.24. The van der Waals surface area contributed by atoms with Gasteiger partial charge in [0.15, 0.2) is 0 Å². The second-order valence-corrected chi connectivity index (χ2v) is 5.23. The van der Waals surface area contributed by atoms with E-state index < -0.39 is 0 Å². The highest BCUT2D eigenvalue weighted by atomic mass is 32.2. The monoisotopic (exact) mass is 251 g/mol. The molecule has 0 aliphatic carbocycles. The Labute approximate surface area is 106 Å². The first kappa shape index (κ1) is 12.1. The lowest BCUT2D eigenvalue weighted by atomic mass is 10.3. The standard InChI is InChI=1S/C12H17N3OS/c13-10-2-4-11(5-3-10)14-12(16)15-6-1-8-17-9-7-15/h2-5H,1,6-9,13H2,(H,14,16). The number of urea groups is 1. The molecule has 0 aromatic heterocycles. The third-order valence-electron chi connectivity index (χ3n) is 2.67. The van der Waals surface area contributed by atoms with E-state index >= 15 is 0 Å². The lowest BCUT2D eigenvalue weighted by Gasteiger charge is -2.20. The van der Waals surface area contributed by atoms with Crippen LogP contribution in [0.3, 0.4) is 0 Å². The number of thioether (sulfide) groups is 1. The van der Waals surface area contributed by atoms with E-state index in [9.17, 15) is 4.79 Å². The first-order valence-corrected chi connectivity index (χ1v) is 6.90. The molecule has 1 fully saturated rings. The van der Waals surface area contributed by atoms with Crippen molar-refractivity contribution in [1.82, 2.24) is 4.90 Å². The van der Waals surface area contributed by atoms with Gasteiger partial charge in [0.1, 0.15) is 0 Å². The number of anilines is 2. The summed E-state index contributed by atoms with van der Waals surface area (Å²) in [6.07, 6.45) is 1.07. The van der Waals surface area contributed by atoms with Crippen LogP contribution in [-0.2, 0) is 0 Å². The first-order valence-electron chi connectivity index (χ1n) is 5.75. The van der Waals surface area contributed by atoms with Crippen molar-refractivity contribution in [3.05, 3.63) is 24.3 Å². The van der Waals surface area contributed by atoms with Crippen LogP contribution in [0.5, 0.6) is 0 Å². The third-order valence-corrected chi connectivity index (χ3v) is 3.72. The molecule has 5 heteroatoms. The molecule has 0 saturated carbocycles. The molecule has 3 N–H and O–H groups in total. The van der Waals surface area contributed by atoms with Crippen LogP contribution in [0.25, 0.3) is 0 Å². The molecule has 0 spiro atoms. The number of amides is 2. The quantitative estimate of drug-likeness (QED) is 0.753. The predicted molar refractivity (Wildman–Crippen MR) is 73.4 cm³/mol. The van der Waals surface area contributed by atoms with Gasteiger partial charge in [0.05, 0.1) is 0 Å². The van der Waals surface area contributed by atoms with Gasteiger partial charge >= 0.3 is 6.03 Å². The molecular weight excluding hydrogens is 234 g/mol. The summed E-state index contributed by atoms with van der Waals surface area (Å²) in [5.41, 5.74) is 7.09. The number of rotatable bonds is 1. The van der Waals surface area contributed by atoms with Gasteiger partial charge in [0, 0.05) is 30.2 Å². The van der Waals surface area contributed by atoms with E-state index in [0.29, 0.717) is 5.69 Å². The van der Waals surface area contributed by atoms with E-state index in [4.69, 9.17) is 5.73 Å². The SMILES string of the molecule is Nc1ccc(NC(=O)N2CCCSCC2)cc1. The molecule has 1 aromatic rings. The van der Waals surface area contributed by atoms with E-state index in [1.54, 1.807) is 12.1 Å². The van der Waals surface area contributed by atoms with Crippen molar-refractivity contribution in [1.29, 1.82) is 0 Å². The molecule has 0 radical (unpaired) electrons. The maximum absolute atomic E-state index is 12.0. The Kier molecular flexibility index (Phi) is 4.14. The molecule has 1 aliphatic rings. The van der Waals surface area contributed by atoms with Gasteiger partial charge < -0.3 is 16.0 Å². The average Bonchev–Trinajstić information content (AvgIpc) is 2.61. The van der Waals surface area contributed by atoms with Crippen molar-refractivity contribution < 1.29 is 4.79 Å². The number of benzene rings is 1. The minimum absolute atomic E-state index is 0.0164. The molecule has 92 valence electrons. The lowest BCUT2D eigenvalue weighted by Crippen LogP contribution is -2.36. The fourth-order valence-electron chi connectivity index (χ4n) is 1.72. The van der Waals surface area contributed by atoms with Gasteiger partial charge in [-0.25, -0.2) is 4.79 Å². The van der Waals surface area contributed by atoms with Crippen molar-refractivity contribution in [3.63, 3.8) is 0 Å². The molecule has 1 heterocycles. The van der Waals surface area contributed by atoms with Gasteiger partial charge in [-0.1, -0.05) is 0 Å². The van der Waals surface area contributed by atoms with Crippen LogP contribution in [0.4, 0.5) is 16.2 Å². The number of hydrogen-bond acceptors (Lipinski definition) is 3. The van der Waals surface area contributed by atoms with E-state index in [-0.39, 0.29) is 6.03 Å². The van der Waals surface area contributed by atoms with Crippen molar-refractivity contribution in [3.8, 4) is 0 Å². The fraction of sp³-hybridized carbons (Fsp3) is 0.417. The number of carbonyl (C=O) groups is 1. The van der Waals surface area contributed by atoms with E-state index in [0.717, 1.165) is 36.7 Å². The normalized spacial score (nSPS) is 16.4. The zero-order chi connectivity index (χ0) is 12.1. The van der Waals surface area contributed by atoms with Gasteiger partial charge in [0.2, 0.25) is 0 Å². The summed E-state index contributed by atoms with van der Waals surface area (Å²) in [5.74, 6) is 2.17. The van der Waals surface area contributed by atoms with Crippen LogP contribution in [0, 0.1) is 0 Å². The van der Waals surface area contributed by atoms with Crippen LogP contribution < -0.4 is 11.1 Å². The zero-order valence-electron chi connectivity index (χ0n) is 9.69. The highest BCUT2D eigenvalue weighted by Gasteiger charge is 2.15. The van der Waals surface area contributed by atoms with Gasteiger partial charge in [-0.2, -0.15) is 11.8 Å². The summed E-state index contributed by atoms with van der Waals surface area (Å²) in [7, 11) is 0. The van der Waals surface area contributed by atoms with E-state index in [2.05, 4.69) is 5.32 Å². The molecule has 0 atom stereocenters. The smallest absolute Gasteiger partial charge is 0.321 e. The summed E-state index contributed by atoms with van der Waals surface area (Å²) < 4.78 is 0. The Morgan fingerprint density at radius 2 is 2.00 bits per heavy atom. The molecule has 0 bridgehead atoms. The number of hydrogen-bond donors (Lipinski definition) is 2. The molecule has 1 aliphatic heterocycles. The van der Waals surface area contributed by atoms with Crippen molar-refractivity contribution >= 4 is 29.2 Å². The van der Waals surface area contributed by atoms with Gasteiger partial charge in [-0.15, -0.1) is 0 Å². The fourth-order valence-corrected chi connectivity index (χ4v) is 2.60. The van der Waals surface area contributed by atoms with Crippen molar-refractivity contribution in [2.75, 3.05) is 35.6 Å². The minimum atomic E-state index is -0.0164. The number of nitrogens with zero attached hydrogens (tertiary/aromatic N) is 1. The first-order chi connectivity index (χ1) is 8.25. The highest BCUT2D eigenvalue weighted by molar-refractivity contribution is 7.99. The van der Waals surface area contributed by atoms with E-state index in [1.165, 1.54) is 0 Å². The lowest BCUT2D eigenvalue weighted by molar-refractivity contribution is 0.216. The molecule has 2 rings (SSSR count). The van der Waals surface area contributed by atoms with Crippen LogP contribution in [0.15, 0.2) is 24.3 Å². The van der Waals surface area contributed by atoms with Gasteiger partial charge in [-0.3, -0.25) is 0 Å². The third kappa shape index (κ3) is 3.56. The molecule has 1 saturated heterocycles. The van der Waals surface area contributed by atoms with Gasteiger partial charge in [0.25, 0.3) is 0 Å². The highest BCUT2D eigenvalue weighted by Crippen LogP contribution is 2.14. The maximum Gasteiger partial charge on any atom is 0.321 e. The van der Waals surface area contributed by atoms with Crippen LogP contribution in [0.2, 0.25) is 0 Å². The molecule has 4 nitrogen and oxygen atoms in total. The summed E-state index contributed by atoms with van der Waals surface area (Å²) in [5, 5.41) is 2.89. The number of carbonyl (C=O) groups excluding carboxylic acids is 1. The Hall–Kier alpha value is -1.36. The summed E-state index contributed by atoms with van der Waals surface area (Å²) in [4.78, 5) is 13.9. The average molecular weight is 251 g/mol. The Morgan fingerprint density at radius 3 is 2.76 bits per heavy atom. The minimum Gasteiger partial charge on any atom is -0.399 e. The Bertz CT molecular complexity index is 372. The second kappa shape index (κ2) is 5.82. The van der Waals surface area contributed by atoms with Crippen LogP contribution >= 0.6 is 11.8 Å². The molecular formula is C12H17N3OS. The second-order valence-electron chi connectivity index (χ2n) is 4.01. The van der Waals surface area contributed by atoms with Crippen LogP contribution in [-0.4, -0.2) is 35.5 Å². The Balaban J connectivity index is 1.93. The zero-order valence-corrected chi connectivity index (χ0v) is 10.5. The van der Waals surface area contributed by atoms with Crippen molar-refractivity contribution in [2.45, 2.75) is 6.42 Å². The molecule has 17 heavy (non-hydrogen) atoms.